The second-order valence-corrected chi connectivity index (χ2v) is 27.7. The number of benzene rings is 2. The Bertz CT molecular complexity index is 2170. The summed E-state index contributed by atoms with van der Waals surface area (Å²) in [5.74, 6) is 8.14. The van der Waals surface area contributed by atoms with E-state index in [1.165, 1.54) is 72.8 Å². The third-order valence-corrected chi connectivity index (χ3v) is 15.0. The van der Waals surface area contributed by atoms with Crippen molar-refractivity contribution in [2.45, 2.75) is 115 Å². The minimum Gasteiger partial charge on any atom is -0.486 e. The van der Waals surface area contributed by atoms with Gasteiger partial charge in [-0.25, -0.2) is 4.98 Å². The fraction of sp³-hybridized carbons (Fsp3) is 0.413. The fourth-order valence-corrected chi connectivity index (χ4v) is 11.4. The number of hydrogen-bond acceptors (Lipinski definition) is 4. The topological polar surface area (TPSA) is 51.8 Å². The van der Waals surface area contributed by atoms with Gasteiger partial charge in [0.05, 0.1) is 5.58 Å². The zero-order valence-corrected chi connectivity index (χ0v) is 36.6. The Hall–Kier alpha value is -3.12. The average molecular weight is 929 g/mol. The molecule has 0 amide bonds. The summed E-state index contributed by atoms with van der Waals surface area (Å²) in [5.41, 5.74) is 12.8. The summed E-state index contributed by atoms with van der Waals surface area (Å²) in [6, 6.07) is 26.2. The van der Waals surface area contributed by atoms with Crippen LogP contribution in [0.2, 0.25) is 17.3 Å². The molecule has 4 nitrogen and oxygen atoms in total. The first-order chi connectivity index (χ1) is 24.4. The van der Waals surface area contributed by atoms with Gasteiger partial charge < -0.3 is 9.40 Å². The number of pyridine rings is 3. The number of fused-ring (bicyclic) bond motifs is 4. The molecule has 1 saturated carbocycles. The van der Waals surface area contributed by atoms with Crippen molar-refractivity contribution in [3.8, 4) is 22.5 Å². The minimum atomic E-state index is -1.94. The van der Waals surface area contributed by atoms with E-state index in [0.29, 0.717) is 5.71 Å². The number of aromatic nitrogens is 3. The van der Waals surface area contributed by atoms with Crippen LogP contribution in [0.25, 0.3) is 44.6 Å². The van der Waals surface area contributed by atoms with E-state index in [4.69, 9.17) is 9.40 Å². The summed E-state index contributed by atoms with van der Waals surface area (Å²) in [4.78, 5) is 14.1. The summed E-state index contributed by atoms with van der Waals surface area (Å²) >= 11 is -1.94. The van der Waals surface area contributed by atoms with E-state index in [1.54, 1.807) is 4.40 Å². The molecule has 2 aliphatic carbocycles. The van der Waals surface area contributed by atoms with Crippen molar-refractivity contribution < 1.29 is 24.5 Å². The molecule has 4 aromatic heterocycles. The second kappa shape index (κ2) is 16.1. The van der Waals surface area contributed by atoms with Crippen molar-refractivity contribution in [1.29, 1.82) is 0 Å². The van der Waals surface area contributed by atoms with E-state index < -0.39 is 13.3 Å². The maximum Gasteiger partial charge on any atom is 0.216 e. The third kappa shape index (κ3) is 8.64. The minimum absolute atomic E-state index is 0. The molecule has 52 heavy (non-hydrogen) atoms. The van der Waals surface area contributed by atoms with Crippen molar-refractivity contribution in [2.75, 3.05) is 0 Å². The summed E-state index contributed by atoms with van der Waals surface area (Å²) in [7, 11) is 0. The van der Waals surface area contributed by atoms with Gasteiger partial charge in [-0.2, -0.15) is 0 Å². The van der Waals surface area contributed by atoms with Crippen LogP contribution in [-0.2, 0) is 39.4 Å². The van der Waals surface area contributed by atoms with Crippen LogP contribution < -0.4 is 4.40 Å². The van der Waals surface area contributed by atoms with Crippen molar-refractivity contribution in [2.24, 2.45) is 5.41 Å². The smallest absolute Gasteiger partial charge is 0.216 e. The van der Waals surface area contributed by atoms with Gasteiger partial charge in [-0.1, -0.05) is 22.1 Å². The van der Waals surface area contributed by atoms with Gasteiger partial charge in [0.2, 0.25) is 5.71 Å². The van der Waals surface area contributed by atoms with E-state index in [1.807, 2.05) is 25.3 Å². The maximum atomic E-state index is 6.13. The van der Waals surface area contributed by atoms with E-state index in [0.717, 1.165) is 64.2 Å². The largest absolute Gasteiger partial charge is 0.486 e. The first-order valence-corrected chi connectivity index (χ1v) is 26.5. The predicted molar refractivity (Wildman–Crippen MR) is 215 cm³/mol. The summed E-state index contributed by atoms with van der Waals surface area (Å²) in [6.07, 6.45) is 16.8. The van der Waals surface area contributed by atoms with Gasteiger partial charge in [0.1, 0.15) is 0 Å². The van der Waals surface area contributed by atoms with Crippen LogP contribution in [0.1, 0.15) is 99.6 Å². The molecule has 6 heteroatoms. The Balaban J connectivity index is 0.000000176. The van der Waals surface area contributed by atoms with Crippen molar-refractivity contribution >= 4 is 39.7 Å². The van der Waals surface area contributed by atoms with Crippen LogP contribution in [0.3, 0.4) is 0 Å². The van der Waals surface area contributed by atoms with Crippen LogP contribution in [0.4, 0.5) is 0 Å². The molecule has 4 heterocycles. The molecule has 8 rings (SSSR count). The van der Waals surface area contributed by atoms with Gasteiger partial charge in [-0.05, 0) is 56.5 Å². The summed E-state index contributed by atoms with van der Waals surface area (Å²) in [5, 5.41) is 2.14. The van der Waals surface area contributed by atoms with Crippen LogP contribution in [-0.4, -0.2) is 28.2 Å². The molecule has 0 spiro atoms. The van der Waals surface area contributed by atoms with Gasteiger partial charge in [0.25, 0.3) is 0 Å². The Morgan fingerprint density at radius 2 is 1.62 bits per heavy atom. The number of nitrogens with zero attached hydrogens (tertiary/aromatic N) is 3. The molecule has 1 radical (unpaired) electrons. The molecule has 6 aromatic rings. The predicted octanol–water partition coefficient (Wildman–Crippen LogP) is 11.8. The zero-order chi connectivity index (χ0) is 35.8. The van der Waals surface area contributed by atoms with Crippen LogP contribution in [0.5, 0.6) is 0 Å². The van der Waals surface area contributed by atoms with Gasteiger partial charge in [-0.3, -0.25) is 0 Å². The summed E-state index contributed by atoms with van der Waals surface area (Å²) < 4.78 is 7.68. The zero-order valence-electron chi connectivity index (χ0n) is 32.1. The molecule has 0 N–H and O–H groups in total. The van der Waals surface area contributed by atoms with E-state index >= 15 is 0 Å². The molecule has 0 aliphatic heterocycles. The molecule has 2 aliphatic rings. The molecule has 2 aromatic carbocycles. The number of aryl methyl sites for hydroxylation is 2. The number of furan rings is 1. The Kier molecular flexibility index (Phi) is 11.9. The van der Waals surface area contributed by atoms with Crippen LogP contribution >= 0.6 is 0 Å². The molecular weight excluding hydrogens is 875 g/mol. The van der Waals surface area contributed by atoms with Crippen molar-refractivity contribution in [3.63, 3.8) is 0 Å². The Labute approximate surface area is 327 Å². The van der Waals surface area contributed by atoms with Gasteiger partial charge in [-0.15, -0.1) is 18.2 Å². The van der Waals surface area contributed by atoms with E-state index in [9.17, 15) is 0 Å². The molecule has 0 saturated heterocycles. The number of rotatable bonds is 5. The molecule has 0 atom stereocenters. The average Bonchev–Trinajstić information content (AvgIpc) is 3.49. The SMILES string of the molecule is CC(C)(C)Cc1cc(-c2[c-]ccc(C3CCCCC3)c2)nc[c]1[Ge]([CH3])([CH3])[CH3].Cc1ccc2c(n1)oc1c(-c3nccc4c3CCCC4)[c-]ccc12.[Ir]. The molecule has 0 unspecified atom stereocenters. The fourth-order valence-electron chi connectivity index (χ4n) is 8.13. The van der Waals surface area contributed by atoms with Gasteiger partial charge >= 0.3 is 169 Å². The van der Waals surface area contributed by atoms with Crippen molar-refractivity contribution in [1.82, 2.24) is 15.0 Å². The van der Waals surface area contributed by atoms with Gasteiger partial charge in [0.15, 0.2) is 0 Å². The van der Waals surface area contributed by atoms with Crippen molar-refractivity contribution in [3.05, 3.63) is 107 Å². The monoisotopic (exact) mass is 930 g/mol. The first kappa shape index (κ1) is 38.6. The van der Waals surface area contributed by atoms with E-state index in [-0.39, 0.29) is 25.5 Å². The Morgan fingerprint density at radius 1 is 0.846 bits per heavy atom. The maximum absolute atomic E-state index is 6.13. The van der Waals surface area contributed by atoms with E-state index in [2.05, 4.69) is 109 Å². The van der Waals surface area contributed by atoms with Crippen LogP contribution in [0.15, 0.2) is 71.4 Å². The molecule has 273 valence electrons. The second-order valence-electron chi connectivity index (χ2n) is 17.1. The Morgan fingerprint density at radius 3 is 2.38 bits per heavy atom. The van der Waals surface area contributed by atoms with Gasteiger partial charge in [0, 0.05) is 37.4 Å². The molecule has 0 bridgehead atoms. The number of hydrogen-bond donors (Lipinski definition) is 0. The normalized spacial score (nSPS) is 15.1. The summed E-state index contributed by atoms with van der Waals surface area (Å²) in [6.45, 7) is 8.99. The quantitative estimate of drug-likeness (QED) is 0.128. The molecular formula is C46H53GeIrN3O-2. The first-order valence-electron chi connectivity index (χ1n) is 19.1. The third-order valence-electron chi connectivity index (χ3n) is 10.6. The molecule has 1 fully saturated rings. The standard InChI is InChI=1S/C25H36GeN.C21H17N2O.Ir/c1-25(2,3)17-22-16-24(27-18-23(22)26(4,5)6)21-14-10-13-20(15-21)19-11-8-7-9-12-19;1-13-9-10-17-16-7-4-8-18(20(16)24-21(17)23-13)19-15-6-3-2-5-14(15)11-12-22-19;/h10,13,15-16,18-19H,7-9,11-12,17H2,1-6H3;4,7,9-12H,2-3,5-6H2,1H3;/q2*-1;. The van der Waals surface area contributed by atoms with Crippen LogP contribution in [0, 0.1) is 24.5 Å².